The van der Waals surface area contributed by atoms with Crippen LogP contribution in [0.2, 0.25) is 0 Å². The molecule has 0 aliphatic heterocycles. The first kappa shape index (κ1) is 9.72. The summed E-state index contributed by atoms with van der Waals surface area (Å²) in [5.41, 5.74) is 0.324. The Morgan fingerprint density at radius 1 is 1.42 bits per heavy atom. The highest BCUT2D eigenvalue weighted by Gasteiger charge is 2.23. The van der Waals surface area contributed by atoms with Gasteiger partial charge >= 0.3 is 0 Å². The summed E-state index contributed by atoms with van der Waals surface area (Å²) in [7, 11) is 0. The molecule has 0 N–H and O–H groups in total. The molecule has 0 aliphatic carbocycles. The SMILES string of the molecule is Cc1cnc([C@@H](C)C(C)(C)C)s1. The molecule has 68 valence electrons. The minimum Gasteiger partial charge on any atom is -0.249 e. The van der Waals surface area contributed by atoms with Gasteiger partial charge in [-0.05, 0) is 12.3 Å². The van der Waals surface area contributed by atoms with E-state index in [1.165, 1.54) is 9.88 Å². The molecule has 2 heteroatoms. The average molecular weight is 183 g/mol. The Labute approximate surface area is 78.8 Å². The van der Waals surface area contributed by atoms with E-state index in [1.54, 1.807) is 0 Å². The monoisotopic (exact) mass is 183 g/mol. The lowest BCUT2D eigenvalue weighted by atomic mass is 9.83. The van der Waals surface area contributed by atoms with E-state index in [0.29, 0.717) is 11.3 Å². The zero-order valence-electron chi connectivity index (χ0n) is 8.51. The topological polar surface area (TPSA) is 12.9 Å². The van der Waals surface area contributed by atoms with E-state index in [0.717, 1.165) is 0 Å². The number of aryl methyl sites for hydroxylation is 1. The van der Waals surface area contributed by atoms with Crippen molar-refractivity contribution < 1.29 is 0 Å². The average Bonchev–Trinajstić information content (AvgIpc) is 2.32. The van der Waals surface area contributed by atoms with Gasteiger partial charge in [0.05, 0.1) is 5.01 Å². The van der Waals surface area contributed by atoms with Crippen LogP contribution in [0.5, 0.6) is 0 Å². The first-order valence-electron chi connectivity index (χ1n) is 4.33. The number of rotatable bonds is 1. The molecule has 0 saturated carbocycles. The minimum absolute atomic E-state index is 0.324. The van der Waals surface area contributed by atoms with Crippen molar-refractivity contribution in [2.45, 2.75) is 40.5 Å². The fraction of sp³-hybridized carbons (Fsp3) is 0.700. The summed E-state index contributed by atoms with van der Waals surface area (Å²) in [5.74, 6) is 0.552. The van der Waals surface area contributed by atoms with Crippen LogP contribution in [0.4, 0.5) is 0 Å². The van der Waals surface area contributed by atoms with Gasteiger partial charge in [0.2, 0.25) is 0 Å². The molecule has 0 fully saturated rings. The molecule has 1 aromatic rings. The Kier molecular flexibility index (Phi) is 2.57. The molecule has 0 aliphatic rings. The van der Waals surface area contributed by atoms with Crippen molar-refractivity contribution in [2.24, 2.45) is 5.41 Å². The summed E-state index contributed by atoms with van der Waals surface area (Å²) >= 11 is 1.81. The maximum absolute atomic E-state index is 4.40. The highest BCUT2D eigenvalue weighted by atomic mass is 32.1. The molecule has 0 radical (unpaired) electrons. The van der Waals surface area contributed by atoms with Crippen LogP contribution in [0.1, 0.15) is 43.5 Å². The zero-order chi connectivity index (χ0) is 9.35. The fourth-order valence-corrected chi connectivity index (χ4v) is 2.01. The molecule has 1 atom stereocenters. The Morgan fingerprint density at radius 2 is 2.00 bits per heavy atom. The maximum atomic E-state index is 4.40. The van der Waals surface area contributed by atoms with Crippen LogP contribution >= 0.6 is 11.3 Å². The molecule has 12 heavy (non-hydrogen) atoms. The van der Waals surface area contributed by atoms with Crippen molar-refractivity contribution in [1.82, 2.24) is 4.98 Å². The predicted octanol–water partition coefficient (Wildman–Crippen LogP) is 3.60. The summed E-state index contributed by atoms with van der Waals surface area (Å²) in [6.45, 7) is 11.1. The van der Waals surface area contributed by atoms with Gasteiger partial charge in [-0.25, -0.2) is 4.98 Å². The summed E-state index contributed by atoms with van der Waals surface area (Å²) in [4.78, 5) is 5.71. The van der Waals surface area contributed by atoms with Crippen molar-refractivity contribution in [2.75, 3.05) is 0 Å². The summed E-state index contributed by atoms with van der Waals surface area (Å²) in [5, 5.41) is 1.26. The molecule has 0 bridgehead atoms. The van der Waals surface area contributed by atoms with E-state index in [-0.39, 0.29) is 0 Å². The number of hydrogen-bond acceptors (Lipinski definition) is 2. The van der Waals surface area contributed by atoms with Gasteiger partial charge in [0.15, 0.2) is 0 Å². The molecular formula is C10H17NS. The van der Waals surface area contributed by atoms with Crippen molar-refractivity contribution in [3.63, 3.8) is 0 Å². The minimum atomic E-state index is 0.324. The van der Waals surface area contributed by atoms with E-state index >= 15 is 0 Å². The van der Waals surface area contributed by atoms with Gasteiger partial charge in [0.25, 0.3) is 0 Å². The van der Waals surface area contributed by atoms with Crippen molar-refractivity contribution >= 4 is 11.3 Å². The van der Waals surface area contributed by atoms with E-state index in [1.807, 2.05) is 17.5 Å². The Hall–Kier alpha value is -0.370. The van der Waals surface area contributed by atoms with E-state index in [2.05, 4.69) is 39.6 Å². The molecule has 0 saturated heterocycles. The van der Waals surface area contributed by atoms with E-state index in [4.69, 9.17) is 0 Å². The van der Waals surface area contributed by atoms with Crippen LogP contribution in [-0.2, 0) is 0 Å². The van der Waals surface area contributed by atoms with Gasteiger partial charge in [-0.15, -0.1) is 11.3 Å². The first-order chi connectivity index (χ1) is 5.41. The second-order valence-corrected chi connectivity index (χ2v) is 5.66. The quantitative estimate of drug-likeness (QED) is 0.648. The number of aromatic nitrogens is 1. The normalized spacial score (nSPS) is 14.8. The molecule has 0 spiro atoms. The van der Waals surface area contributed by atoms with Crippen LogP contribution in [0.25, 0.3) is 0 Å². The Bertz CT molecular complexity index is 257. The van der Waals surface area contributed by atoms with E-state index < -0.39 is 0 Å². The number of thiazole rings is 1. The predicted molar refractivity (Wildman–Crippen MR) is 54.7 cm³/mol. The molecule has 1 nitrogen and oxygen atoms in total. The van der Waals surface area contributed by atoms with Crippen molar-refractivity contribution in [3.8, 4) is 0 Å². The summed E-state index contributed by atoms with van der Waals surface area (Å²) in [6.07, 6.45) is 1.96. The largest absolute Gasteiger partial charge is 0.249 e. The summed E-state index contributed by atoms with van der Waals surface area (Å²) in [6, 6.07) is 0. The fourth-order valence-electron chi connectivity index (χ4n) is 0.943. The first-order valence-corrected chi connectivity index (χ1v) is 5.15. The van der Waals surface area contributed by atoms with Gasteiger partial charge in [-0.2, -0.15) is 0 Å². The van der Waals surface area contributed by atoms with Crippen molar-refractivity contribution in [3.05, 3.63) is 16.1 Å². The number of nitrogens with zero attached hydrogens (tertiary/aromatic N) is 1. The highest BCUT2D eigenvalue weighted by molar-refractivity contribution is 7.11. The molecule has 0 unspecified atom stereocenters. The van der Waals surface area contributed by atoms with Crippen LogP contribution < -0.4 is 0 Å². The maximum Gasteiger partial charge on any atom is 0.0960 e. The smallest absolute Gasteiger partial charge is 0.0960 e. The van der Waals surface area contributed by atoms with Crippen LogP contribution in [-0.4, -0.2) is 4.98 Å². The lowest BCUT2D eigenvalue weighted by molar-refractivity contribution is 0.339. The van der Waals surface area contributed by atoms with Crippen LogP contribution in [0.3, 0.4) is 0 Å². The van der Waals surface area contributed by atoms with Crippen LogP contribution in [0.15, 0.2) is 6.20 Å². The van der Waals surface area contributed by atoms with Gasteiger partial charge in [-0.3, -0.25) is 0 Å². The van der Waals surface area contributed by atoms with Gasteiger partial charge in [-0.1, -0.05) is 27.7 Å². The molecule has 1 rings (SSSR count). The standard InChI is InChI=1S/C10H17NS/c1-7-6-11-9(12-7)8(2)10(3,4)5/h6,8H,1-5H3/t8-/m1/s1. The Balaban J connectivity index is 2.85. The lowest BCUT2D eigenvalue weighted by Gasteiger charge is -2.25. The third kappa shape index (κ3) is 2.07. The molecule has 1 aromatic heterocycles. The third-order valence-electron chi connectivity index (χ3n) is 2.31. The Morgan fingerprint density at radius 3 is 2.33 bits per heavy atom. The highest BCUT2D eigenvalue weighted by Crippen LogP contribution is 2.35. The molecule has 0 amide bonds. The van der Waals surface area contributed by atoms with Crippen molar-refractivity contribution in [1.29, 1.82) is 0 Å². The van der Waals surface area contributed by atoms with Gasteiger partial charge in [0.1, 0.15) is 0 Å². The molecule has 0 aromatic carbocycles. The van der Waals surface area contributed by atoms with E-state index in [9.17, 15) is 0 Å². The van der Waals surface area contributed by atoms with Crippen LogP contribution in [0, 0.1) is 12.3 Å². The second kappa shape index (κ2) is 3.17. The number of hydrogen-bond donors (Lipinski definition) is 0. The second-order valence-electron chi connectivity index (χ2n) is 4.40. The van der Waals surface area contributed by atoms with Gasteiger partial charge in [0, 0.05) is 17.0 Å². The lowest BCUT2D eigenvalue weighted by Crippen LogP contribution is -2.14. The molecular weight excluding hydrogens is 166 g/mol. The summed E-state index contributed by atoms with van der Waals surface area (Å²) < 4.78 is 0. The zero-order valence-corrected chi connectivity index (χ0v) is 9.33. The van der Waals surface area contributed by atoms with Gasteiger partial charge < -0.3 is 0 Å². The molecule has 1 heterocycles. The third-order valence-corrected chi connectivity index (χ3v) is 3.40.